The molecule has 2 aromatic carbocycles. The molecule has 1 amide bonds. The summed E-state index contributed by atoms with van der Waals surface area (Å²) in [5, 5.41) is 15.4. The standard InChI is InChI=1S/C17H12N4O3/c22-17(16-10-7-13-3-1-2-4-15(13)19-16)20-18-11-12-5-8-14(9-6-12)21(23)24/h1-11H,(H,20,22)/b18-11-. The lowest BCUT2D eigenvalue weighted by atomic mass is 10.2. The third-order valence-corrected chi connectivity index (χ3v) is 3.31. The molecule has 0 aliphatic heterocycles. The first kappa shape index (κ1) is 15.3. The molecule has 0 atom stereocenters. The molecule has 1 heterocycles. The van der Waals surface area contributed by atoms with E-state index < -0.39 is 10.8 Å². The maximum Gasteiger partial charge on any atom is 0.289 e. The first-order valence-corrected chi connectivity index (χ1v) is 7.07. The Balaban J connectivity index is 1.68. The predicted octanol–water partition coefficient (Wildman–Crippen LogP) is 2.91. The van der Waals surface area contributed by atoms with Crippen LogP contribution in [0.2, 0.25) is 0 Å². The Morgan fingerprint density at radius 3 is 2.58 bits per heavy atom. The maximum absolute atomic E-state index is 12.0. The van der Waals surface area contributed by atoms with Crippen molar-refractivity contribution >= 4 is 28.7 Å². The molecule has 0 unspecified atom stereocenters. The number of carbonyl (C=O) groups excluding carboxylic acids is 1. The smallest absolute Gasteiger partial charge is 0.266 e. The van der Waals surface area contributed by atoms with Crippen molar-refractivity contribution in [1.29, 1.82) is 0 Å². The number of pyridine rings is 1. The Hall–Kier alpha value is -3.61. The van der Waals surface area contributed by atoms with Crippen LogP contribution in [0.3, 0.4) is 0 Å². The fraction of sp³-hybridized carbons (Fsp3) is 0. The van der Waals surface area contributed by atoms with E-state index in [4.69, 9.17) is 0 Å². The molecule has 0 fully saturated rings. The van der Waals surface area contributed by atoms with E-state index in [1.165, 1.54) is 18.3 Å². The van der Waals surface area contributed by atoms with E-state index >= 15 is 0 Å². The number of para-hydroxylation sites is 1. The Bertz CT molecular complexity index is 936. The highest BCUT2D eigenvalue weighted by molar-refractivity contribution is 5.95. The lowest BCUT2D eigenvalue weighted by molar-refractivity contribution is -0.384. The SMILES string of the molecule is O=C(N/N=C\c1ccc([N+](=O)[O-])cc1)c1ccc2ccccc2n1. The van der Waals surface area contributed by atoms with Gasteiger partial charge in [-0.05, 0) is 29.8 Å². The van der Waals surface area contributed by atoms with E-state index in [9.17, 15) is 14.9 Å². The van der Waals surface area contributed by atoms with Crippen molar-refractivity contribution in [2.45, 2.75) is 0 Å². The van der Waals surface area contributed by atoms with Crippen LogP contribution in [-0.4, -0.2) is 22.0 Å². The van der Waals surface area contributed by atoms with E-state index in [0.717, 1.165) is 10.9 Å². The average Bonchev–Trinajstić information content (AvgIpc) is 2.61. The quantitative estimate of drug-likeness (QED) is 0.454. The van der Waals surface area contributed by atoms with Gasteiger partial charge in [-0.2, -0.15) is 5.10 Å². The number of hydrogen-bond acceptors (Lipinski definition) is 5. The molecule has 0 aliphatic rings. The molecule has 24 heavy (non-hydrogen) atoms. The summed E-state index contributed by atoms with van der Waals surface area (Å²) in [6, 6.07) is 16.8. The highest BCUT2D eigenvalue weighted by Gasteiger charge is 2.07. The normalized spacial score (nSPS) is 10.8. The van der Waals surface area contributed by atoms with Crippen LogP contribution >= 0.6 is 0 Å². The number of carbonyl (C=O) groups is 1. The van der Waals surface area contributed by atoms with Gasteiger partial charge in [-0.3, -0.25) is 14.9 Å². The van der Waals surface area contributed by atoms with Gasteiger partial charge in [0.2, 0.25) is 0 Å². The van der Waals surface area contributed by atoms with Gasteiger partial charge in [-0.15, -0.1) is 0 Å². The second kappa shape index (κ2) is 6.66. The summed E-state index contributed by atoms with van der Waals surface area (Å²) < 4.78 is 0. The lowest BCUT2D eigenvalue weighted by Crippen LogP contribution is -2.18. The van der Waals surface area contributed by atoms with Gasteiger partial charge in [0, 0.05) is 17.5 Å². The van der Waals surface area contributed by atoms with Gasteiger partial charge in [0.05, 0.1) is 16.7 Å². The molecule has 0 radical (unpaired) electrons. The molecule has 1 N–H and O–H groups in total. The van der Waals surface area contributed by atoms with Crippen LogP contribution in [0.5, 0.6) is 0 Å². The van der Waals surface area contributed by atoms with Crippen LogP contribution in [0.1, 0.15) is 16.1 Å². The minimum Gasteiger partial charge on any atom is -0.266 e. The number of non-ortho nitro benzene ring substituents is 1. The zero-order valence-electron chi connectivity index (χ0n) is 12.4. The van der Waals surface area contributed by atoms with Gasteiger partial charge < -0.3 is 0 Å². The summed E-state index contributed by atoms with van der Waals surface area (Å²) >= 11 is 0. The second-order valence-corrected chi connectivity index (χ2v) is 4.94. The van der Waals surface area contributed by atoms with Gasteiger partial charge in [-0.25, -0.2) is 10.4 Å². The minimum absolute atomic E-state index is 0.00320. The molecule has 7 nitrogen and oxygen atoms in total. The van der Waals surface area contributed by atoms with Crippen LogP contribution in [0.25, 0.3) is 10.9 Å². The largest absolute Gasteiger partial charge is 0.289 e. The molecular formula is C17H12N4O3. The van der Waals surface area contributed by atoms with E-state index in [1.807, 2.05) is 30.3 Å². The monoisotopic (exact) mass is 320 g/mol. The fourth-order valence-corrected chi connectivity index (χ4v) is 2.10. The van der Waals surface area contributed by atoms with E-state index in [-0.39, 0.29) is 11.4 Å². The Labute approximate surface area is 136 Å². The summed E-state index contributed by atoms with van der Waals surface area (Å²) in [6.45, 7) is 0. The number of hydrazone groups is 1. The molecule has 0 saturated heterocycles. The van der Waals surface area contributed by atoms with Crippen molar-refractivity contribution in [2.75, 3.05) is 0 Å². The molecule has 0 saturated carbocycles. The van der Waals surface area contributed by atoms with Crippen LogP contribution < -0.4 is 5.43 Å². The summed E-state index contributed by atoms with van der Waals surface area (Å²) in [4.78, 5) is 26.4. The molecule has 0 bridgehead atoms. The van der Waals surface area contributed by atoms with Crippen molar-refractivity contribution in [3.05, 3.63) is 82.0 Å². The molecule has 0 aliphatic carbocycles. The van der Waals surface area contributed by atoms with Gasteiger partial charge in [-0.1, -0.05) is 24.3 Å². The first-order chi connectivity index (χ1) is 11.6. The summed E-state index contributed by atoms with van der Waals surface area (Å²) in [6.07, 6.45) is 1.41. The molecule has 7 heteroatoms. The van der Waals surface area contributed by atoms with Crippen molar-refractivity contribution in [1.82, 2.24) is 10.4 Å². The number of amides is 1. The zero-order chi connectivity index (χ0) is 16.9. The van der Waals surface area contributed by atoms with Gasteiger partial charge in [0.25, 0.3) is 11.6 Å². The lowest BCUT2D eigenvalue weighted by Gasteiger charge is -2.01. The number of benzene rings is 2. The molecule has 3 aromatic rings. The highest BCUT2D eigenvalue weighted by Crippen LogP contribution is 2.12. The van der Waals surface area contributed by atoms with Crippen LogP contribution in [-0.2, 0) is 0 Å². The Morgan fingerprint density at radius 1 is 1.08 bits per heavy atom. The average molecular weight is 320 g/mol. The fourth-order valence-electron chi connectivity index (χ4n) is 2.10. The van der Waals surface area contributed by atoms with E-state index in [0.29, 0.717) is 5.56 Å². The number of rotatable bonds is 4. The van der Waals surface area contributed by atoms with Crippen LogP contribution in [0.15, 0.2) is 65.8 Å². The topological polar surface area (TPSA) is 97.5 Å². The number of aromatic nitrogens is 1. The molecule has 1 aromatic heterocycles. The summed E-state index contributed by atoms with van der Waals surface area (Å²) in [5.74, 6) is -0.432. The number of nitro groups is 1. The predicted molar refractivity (Wildman–Crippen MR) is 89.9 cm³/mol. The molecule has 3 rings (SSSR count). The highest BCUT2D eigenvalue weighted by atomic mass is 16.6. The second-order valence-electron chi connectivity index (χ2n) is 4.94. The Morgan fingerprint density at radius 2 is 1.83 bits per heavy atom. The van der Waals surface area contributed by atoms with E-state index in [2.05, 4.69) is 15.5 Å². The number of fused-ring (bicyclic) bond motifs is 1. The van der Waals surface area contributed by atoms with Crippen molar-refractivity contribution in [3.63, 3.8) is 0 Å². The number of nitrogens with one attached hydrogen (secondary N) is 1. The van der Waals surface area contributed by atoms with Gasteiger partial charge in [0.15, 0.2) is 0 Å². The summed E-state index contributed by atoms with van der Waals surface area (Å²) in [7, 11) is 0. The van der Waals surface area contributed by atoms with Crippen molar-refractivity contribution < 1.29 is 9.72 Å². The van der Waals surface area contributed by atoms with Crippen molar-refractivity contribution in [3.8, 4) is 0 Å². The minimum atomic E-state index is -0.478. The number of nitro benzene ring substituents is 1. The summed E-state index contributed by atoms with van der Waals surface area (Å²) in [5.41, 5.74) is 4.00. The maximum atomic E-state index is 12.0. The van der Waals surface area contributed by atoms with Crippen LogP contribution in [0.4, 0.5) is 5.69 Å². The van der Waals surface area contributed by atoms with E-state index in [1.54, 1.807) is 18.2 Å². The number of hydrogen-bond donors (Lipinski definition) is 1. The Kier molecular flexibility index (Phi) is 4.24. The van der Waals surface area contributed by atoms with Crippen molar-refractivity contribution in [2.24, 2.45) is 5.10 Å². The molecule has 118 valence electrons. The van der Waals surface area contributed by atoms with Crippen LogP contribution in [0, 0.1) is 10.1 Å². The third-order valence-electron chi connectivity index (χ3n) is 3.31. The molecular weight excluding hydrogens is 308 g/mol. The van der Waals surface area contributed by atoms with Gasteiger partial charge >= 0.3 is 0 Å². The first-order valence-electron chi connectivity index (χ1n) is 7.07. The van der Waals surface area contributed by atoms with Gasteiger partial charge in [0.1, 0.15) is 5.69 Å². The third kappa shape index (κ3) is 3.41. The number of nitrogens with zero attached hydrogens (tertiary/aromatic N) is 3. The zero-order valence-corrected chi connectivity index (χ0v) is 12.4. The molecule has 0 spiro atoms.